The molecule has 0 atom stereocenters. The van der Waals surface area contributed by atoms with Gasteiger partial charge >= 0.3 is 6.18 Å². The van der Waals surface area contributed by atoms with Crippen LogP contribution < -0.4 is 14.8 Å². The monoisotopic (exact) mass is 410 g/mol. The highest BCUT2D eigenvalue weighted by Crippen LogP contribution is 2.34. The van der Waals surface area contributed by atoms with Crippen molar-refractivity contribution in [1.82, 2.24) is 15.0 Å². The second kappa shape index (κ2) is 7.78. The number of ether oxygens (including phenoxy) is 2. The summed E-state index contributed by atoms with van der Waals surface area (Å²) in [7, 11) is 2.79. The molecule has 0 aliphatic rings. The SMILES string of the molecule is COc1ccc(NC(=O)c2nnn(-c3ccc(F)cc3)c2C(F)(F)F)cc1OC. The van der Waals surface area contributed by atoms with Crippen LogP contribution in [0.4, 0.5) is 23.2 Å². The van der Waals surface area contributed by atoms with Gasteiger partial charge in [0.2, 0.25) is 0 Å². The van der Waals surface area contributed by atoms with E-state index in [1.807, 2.05) is 0 Å². The van der Waals surface area contributed by atoms with Crippen LogP contribution in [0.25, 0.3) is 5.69 Å². The first-order valence-corrected chi connectivity index (χ1v) is 8.07. The van der Waals surface area contributed by atoms with Crippen LogP contribution in [0.1, 0.15) is 16.2 Å². The summed E-state index contributed by atoms with van der Waals surface area (Å²) in [5.74, 6) is -1.10. The zero-order valence-electron chi connectivity index (χ0n) is 15.1. The Morgan fingerprint density at radius 3 is 2.28 bits per heavy atom. The molecule has 0 bridgehead atoms. The van der Waals surface area contributed by atoms with Gasteiger partial charge in [-0.2, -0.15) is 13.2 Å². The van der Waals surface area contributed by atoms with E-state index in [2.05, 4.69) is 15.6 Å². The lowest BCUT2D eigenvalue weighted by Gasteiger charge is -2.12. The number of nitrogens with one attached hydrogen (secondary N) is 1. The number of methoxy groups -OCH3 is 2. The van der Waals surface area contributed by atoms with Crippen molar-refractivity contribution in [3.8, 4) is 17.2 Å². The number of rotatable bonds is 5. The second-order valence-electron chi connectivity index (χ2n) is 5.70. The Balaban J connectivity index is 1.98. The molecule has 0 aliphatic carbocycles. The summed E-state index contributed by atoms with van der Waals surface area (Å²) in [6, 6.07) is 8.42. The van der Waals surface area contributed by atoms with E-state index in [1.165, 1.54) is 32.4 Å². The van der Waals surface area contributed by atoms with E-state index in [1.54, 1.807) is 0 Å². The predicted molar refractivity (Wildman–Crippen MR) is 93.8 cm³/mol. The number of halogens is 4. The van der Waals surface area contributed by atoms with Crippen molar-refractivity contribution in [2.45, 2.75) is 6.18 Å². The van der Waals surface area contributed by atoms with Crippen molar-refractivity contribution < 1.29 is 31.8 Å². The zero-order chi connectivity index (χ0) is 21.2. The van der Waals surface area contributed by atoms with E-state index in [0.29, 0.717) is 10.4 Å². The number of hydrogen-bond acceptors (Lipinski definition) is 5. The molecular weight excluding hydrogens is 396 g/mol. The van der Waals surface area contributed by atoms with Gasteiger partial charge in [0, 0.05) is 11.8 Å². The summed E-state index contributed by atoms with van der Waals surface area (Å²) in [6.07, 6.45) is -4.94. The van der Waals surface area contributed by atoms with E-state index in [0.717, 1.165) is 24.3 Å². The first-order chi connectivity index (χ1) is 13.7. The van der Waals surface area contributed by atoms with E-state index in [-0.39, 0.29) is 17.1 Å². The highest BCUT2D eigenvalue weighted by Gasteiger charge is 2.42. The maximum atomic E-state index is 13.6. The van der Waals surface area contributed by atoms with Gasteiger partial charge < -0.3 is 14.8 Å². The number of carbonyl (C=O) groups is 1. The normalized spacial score (nSPS) is 11.2. The molecule has 2 aromatic carbocycles. The van der Waals surface area contributed by atoms with Crippen LogP contribution in [-0.2, 0) is 6.18 Å². The minimum absolute atomic E-state index is 0.101. The van der Waals surface area contributed by atoms with Crippen LogP contribution in [0.2, 0.25) is 0 Å². The largest absolute Gasteiger partial charge is 0.493 e. The number of amides is 1. The summed E-state index contributed by atoms with van der Waals surface area (Å²) < 4.78 is 64.6. The third kappa shape index (κ3) is 4.13. The van der Waals surface area contributed by atoms with Crippen LogP contribution in [0.5, 0.6) is 11.5 Å². The Labute approximate surface area is 161 Å². The fourth-order valence-corrected chi connectivity index (χ4v) is 2.56. The van der Waals surface area contributed by atoms with Crippen molar-refractivity contribution in [1.29, 1.82) is 0 Å². The fraction of sp³-hybridized carbons (Fsp3) is 0.167. The Hall–Kier alpha value is -3.63. The Bertz CT molecular complexity index is 1030. The standard InChI is InChI=1S/C18H14F4N4O3/c1-28-13-8-5-11(9-14(13)29-2)23-17(27)15-16(18(20,21)22)26(25-24-15)12-6-3-10(19)4-7-12/h3-9H,1-2H3,(H,23,27). The van der Waals surface area contributed by atoms with E-state index < -0.39 is 29.3 Å². The molecule has 1 aromatic heterocycles. The summed E-state index contributed by atoms with van der Waals surface area (Å²) >= 11 is 0. The van der Waals surface area contributed by atoms with E-state index >= 15 is 0 Å². The van der Waals surface area contributed by atoms with Crippen molar-refractivity contribution in [3.63, 3.8) is 0 Å². The molecule has 0 saturated carbocycles. The molecule has 1 heterocycles. The van der Waals surface area contributed by atoms with Gasteiger partial charge in [-0.3, -0.25) is 4.79 Å². The highest BCUT2D eigenvalue weighted by molar-refractivity contribution is 6.04. The molecular formula is C18H14F4N4O3. The van der Waals surface area contributed by atoms with Gasteiger partial charge in [0.05, 0.1) is 19.9 Å². The molecule has 3 rings (SSSR count). The lowest BCUT2D eigenvalue weighted by atomic mass is 10.2. The van der Waals surface area contributed by atoms with Crippen LogP contribution >= 0.6 is 0 Å². The lowest BCUT2D eigenvalue weighted by molar-refractivity contribution is -0.143. The molecule has 0 fully saturated rings. The number of nitrogens with zero attached hydrogens (tertiary/aromatic N) is 3. The van der Waals surface area contributed by atoms with Crippen molar-refractivity contribution in [3.05, 3.63) is 59.7 Å². The molecule has 0 radical (unpaired) electrons. The number of alkyl halides is 3. The van der Waals surface area contributed by atoms with Crippen LogP contribution in [0.3, 0.4) is 0 Å². The van der Waals surface area contributed by atoms with Gasteiger partial charge in [-0.1, -0.05) is 5.21 Å². The number of anilines is 1. The number of aromatic nitrogens is 3. The summed E-state index contributed by atoms with van der Waals surface area (Å²) in [5, 5.41) is 9.13. The minimum atomic E-state index is -4.94. The van der Waals surface area contributed by atoms with Gasteiger partial charge in [-0.05, 0) is 36.4 Å². The Morgan fingerprint density at radius 1 is 1.03 bits per heavy atom. The third-order valence-electron chi connectivity index (χ3n) is 3.87. The van der Waals surface area contributed by atoms with Gasteiger partial charge in [0.25, 0.3) is 5.91 Å². The Kier molecular flexibility index (Phi) is 5.39. The number of hydrogen-bond donors (Lipinski definition) is 1. The smallest absolute Gasteiger partial charge is 0.435 e. The first kappa shape index (κ1) is 20.1. The van der Waals surface area contributed by atoms with Crippen molar-refractivity contribution >= 4 is 11.6 Å². The molecule has 29 heavy (non-hydrogen) atoms. The molecule has 152 valence electrons. The average Bonchev–Trinajstić information content (AvgIpc) is 3.14. The van der Waals surface area contributed by atoms with Crippen LogP contribution in [-0.4, -0.2) is 35.1 Å². The third-order valence-corrected chi connectivity index (χ3v) is 3.87. The summed E-state index contributed by atoms with van der Waals surface area (Å²) in [4.78, 5) is 12.5. The van der Waals surface area contributed by atoms with Crippen molar-refractivity contribution in [2.75, 3.05) is 19.5 Å². The summed E-state index contributed by atoms with van der Waals surface area (Å²) in [6.45, 7) is 0. The Morgan fingerprint density at radius 2 is 1.69 bits per heavy atom. The van der Waals surface area contributed by atoms with Gasteiger partial charge in [0.1, 0.15) is 5.82 Å². The molecule has 0 spiro atoms. The van der Waals surface area contributed by atoms with Gasteiger partial charge in [-0.25, -0.2) is 9.07 Å². The van der Waals surface area contributed by atoms with Crippen LogP contribution in [0.15, 0.2) is 42.5 Å². The number of carbonyl (C=O) groups excluding carboxylic acids is 1. The van der Waals surface area contributed by atoms with Gasteiger partial charge in [-0.15, -0.1) is 5.10 Å². The number of benzene rings is 2. The maximum Gasteiger partial charge on any atom is 0.435 e. The predicted octanol–water partition coefficient (Wildman–Crippen LogP) is 3.69. The fourth-order valence-electron chi connectivity index (χ4n) is 2.56. The summed E-state index contributed by atoms with van der Waals surface area (Å²) in [5.41, 5.74) is -2.26. The van der Waals surface area contributed by atoms with E-state index in [9.17, 15) is 22.4 Å². The quantitative estimate of drug-likeness (QED) is 0.649. The van der Waals surface area contributed by atoms with E-state index in [4.69, 9.17) is 9.47 Å². The highest BCUT2D eigenvalue weighted by atomic mass is 19.4. The second-order valence-corrected chi connectivity index (χ2v) is 5.70. The molecule has 11 heteroatoms. The van der Waals surface area contributed by atoms with Crippen LogP contribution in [0, 0.1) is 5.82 Å². The minimum Gasteiger partial charge on any atom is -0.493 e. The molecule has 3 aromatic rings. The lowest BCUT2D eigenvalue weighted by Crippen LogP contribution is -2.21. The first-order valence-electron chi connectivity index (χ1n) is 8.07. The maximum absolute atomic E-state index is 13.6. The topological polar surface area (TPSA) is 78.3 Å². The van der Waals surface area contributed by atoms with Crippen molar-refractivity contribution in [2.24, 2.45) is 0 Å². The molecule has 0 aliphatic heterocycles. The molecule has 1 amide bonds. The molecule has 1 N–H and O–H groups in total. The molecule has 7 nitrogen and oxygen atoms in total. The zero-order valence-corrected chi connectivity index (χ0v) is 15.1. The molecule has 0 unspecified atom stereocenters. The van der Waals surface area contributed by atoms with Gasteiger partial charge in [0.15, 0.2) is 22.9 Å². The average molecular weight is 410 g/mol. The molecule has 0 saturated heterocycles.